The summed E-state index contributed by atoms with van der Waals surface area (Å²) in [5, 5.41) is 30.1. The van der Waals surface area contributed by atoms with Crippen molar-refractivity contribution < 1.29 is 23.5 Å². The maximum atomic E-state index is 12.7. The number of aromatic nitrogens is 4. The topological polar surface area (TPSA) is 143 Å². The first-order valence-corrected chi connectivity index (χ1v) is 11.0. The Kier molecular flexibility index (Phi) is 5.65. The zero-order chi connectivity index (χ0) is 27.7. The lowest BCUT2D eigenvalue weighted by Gasteiger charge is -2.20. The molecule has 0 spiro atoms. The van der Waals surface area contributed by atoms with Gasteiger partial charge in [0.05, 0.1) is 36.3 Å². The second-order valence-electron chi connectivity index (χ2n) is 8.91. The second-order valence-corrected chi connectivity index (χ2v) is 8.91. The van der Waals surface area contributed by atoms with Gasteiger partial charge in [-0.05, 0) is 44.9 Å². The van der Waals surface area contributed by atoms with Gasteiger partial charge in [-0.15, -0.1) is 10.2 Å². The molecular formula is C24H29N7O4. The molecule has 0 radical (unpaired) electrons. The zero-order valence-corrected chi connectivity index (χ0v) is 19.6. The summed E-state index contributed by atoms with van der Waals surface area (Å²) in [6, 6.07) is 8.46. The summed E-state index contributed by atoms with van der Waals surface area (Å²) < 4.78 is 29.5. The molecule has 1 aliphatic rings. The number of nitrogens with one attached hydrogen (secondary N) is 3. The van der Waals surface area contributed by atoms with Crippen LogP contribution in [0.5, 0.6) is 5.75 Å². The molecule has 35 heavy (non-hydrogen) atoms. The van der Waals surface area contributed by atoms with Crippen LogP contribution in [0.3, 0.4) is 0 Å². The van der Waals surface area contributed by atoms with Gasteiger partial charge in [0.2, 0.25) is 5.91 Å². The highest BCUT2D eigenvalue weighted by atomic mass is 16.5. The lowest BCUT2D eigenvalue weighted by molar-refractivity contribution is -0.117. The first-order chi connectivity index (χ1) is 17.8. The van der Waals surface area contributed by atoms with Crippen molar-refractivity contribution in [2.24, 2.45) is 5.92 Å². The van der Waals surface area contributed by atoms with Gasteiger partial charge in [0.25, 0.3) is 5.91 Å². The highest BCUT2D eigenvalue weighted by Crippen LogP contribution is 2.38. The number of rotatable bonds is 9. The number of hydrogen-bond donors (Lipinski definition) is 4. The van der Waals surface area contributed by atoms with Crippen molar-refractivity contribution in [1.82, 2.24) is 25.3 Å². The van der Waals surface area contributed by atoms with E-state index < -0.39 is 18.5 Å². The molecule has 3 aromatic rings. The average Bonchev–Trinajstić information content (AvgIpc) is 3.57. The summed E-state index contributed by atoms with van der Waals surface area (Å²) >= 11 is 0. The number of anilines is 3. The van der Waals surface area contributed by atoms with E-state index in [1.165, 1.54) is 13.2 Å². The predicted octanol–water partition coefficient (Wildman–Crippen LogP) is 2.57. The van der Waals surface area contributed by atoms with Crippen LogP contribution in [-0.2, 0) is 11.3 Å². The fourth-order valence-electron chi connectivity index (χ4n) is 3.60. The number of nitrogens with zero attached hydrogens (tertiary/aromatic N) is 4. The molecule has 4 rings (SSSR count). The fourth-order valence-corrected chi connectivity index (χ4v) is 3.60. The van der Waals surface area contributed by atoms with Crippen LogP contribution in [0, 0.1) is 5.92 Å². The van der Waals surface area contributed by atoms with Gasteiger partial charge in [0, 0.05) is 34.8 Å². The molecule has 2 amide bonds. The van der Waals surface area contributed by atoms with Crippen LogP contribution in [0.1, 0.15) is 41.3 Å². The Bertz CT molecular complexity index is 1350. The number of methoxy groups -OCH3 is 1. The standard InChI is InChI=1S/C24H29N7O4/c1-24(2,34)13-31-18(10-11-26-31)15-6-5-7-16(21(15)35-4)27-17-12-19(28-22(32)14-8-9-14)29-30-20(17)23(33)25-3/h5-7,10-12,14,34H,8-9,13H2,1-4H3,(H,25,33)(H2,27,28,29,32)/i3D3. The molecule has 1 fully saturated rings. The van der Waals surface area contributed by atoms with E-state index in [1.807, 2.05) is 11.4 Å². The Hall–Kier alpha value is -3.99. The van der Waals surface area contributed by atoms with E-state index >= 15 is 0 Å². The van der Waals surface area contributed by atoms with Crippen LogP contribution in [0.25, 0.3) is 11.3 Å². The molecule has 1 aromatic carbocycles. The van der Waals surface area contributed by atoms with Crippen LogP contribution in [0.2, 0.25) is 0 Å². The molecule has 184 valence electrons. The van der Waals surface area contributed by atoms with Gasteiger partial charge in [-0.25, -0.2) is 0 Å². The Balaban J connectivity index is 1.73. The maximum Gasteiger partial charge on any atom is 0.273 e. The Morgan fingerprint density at radius 3 is 2.74 bits per heavy atom. The molecule has 0 bridgehead atoms. The van der Waals surface area contributed by atoms with E-state index in [-0.39, 0.29) is 35.6 Å². The van der Waals surface area contributed by atoms with E-state index in [9.17, 15) is 14.7 Å². The van der Waals surface area contributed by atoms with E-state index in [0.29, 0.717) is 22.7 Å². The van der Waals surface area contributed by atoms with Gasteiger partial charge in [0.1, 0.15) is 0 Å². The number of ether oxygens (including phenoxy) is 1. The minimum Gasteiger partial charge on any atom is -0.494 e. The molecule has 0 unspecified atom stereocenters. The highest BCUT2D eigenvalue weighted by Gasteiger charge is 2.30. The van der Waals surface area contributed by atoms with Gasteiger partial charge in [0.15, 0.2) is 17.3 Å². The summed E-state index contributed by atoms with van der Waals surface area (Å²) in [5.74, 6) is -0.763. The van der Waals surface area contributed by atoms with Gasteiger partial charge in [-0.3, -0.25) is 14.3 Å². The molecule has 2 heterocycles. The Morgan fingerprint density at radius 2 is 2.06 bits per heavy atom. The molecule has 0 saturated heterocycles. The first-order valence-electron chi connectivity index (χ1n) is 12.5. The lowest BCUT2D eigenvalue weighted by Crippen LogP contribution is -2.27. The van der Waals surface area contributed by atoms with Crippen molar-refractivity contribution in [3.8, 4) is 17.0 Å². The number of carbonyl (C=O) groups is 2. The molecule has 11 heteroatoms. The number of aliphatic hydroxyl groups is 1. The summed E-state index contributed by atoms with van der Waals surface area (Å²) in [7, 11) is 1.48. The lowest BCUT2D eigenvalue weighted by atomic mass is 10.1. The van der Waals surface area contributed by atoms with Crippen LogP contribution in [0.15, 0.2) is 36.5 Å². The van der Waals surface area contributed by atoms with Crippen molar-refractivity contribution in [3.63, 3.8) is 0 Å². The SMILES string of the molecule is [2H]C([2H])([2H])NC(=O)c1nnc(NC(=O)C2CC2)cc1Nc1cccc(-c2ccnn2CC(C)(C)O)c1OC. The third-order valence-electron chi connectivity index (χ3n) is 5.34. The fraction of sp³-hybridized carbons (Fsp3) is 0.375. The van der Waals surface area contributed by atoms with Crippen LogP contribution < -0.4 is 20.7 Å². The third-order valence-corrected chi connectivity index (χ3v) is 5.34. The van der Waals surface area contributed by atoms with Crippen molar-refractivity contribution in [2.75, 3.05) is 24.7 Å². The number of benzene rings is 1. The third kappa shape index (κ3) is 5.57. The minimum absolute atomic E-state index is 0.0859. The summed E-state index contributed by atoms with van der Waals surface area (Å²) in [5.41, 5.74) is 0.559. The zero-order valence-electron chi connectivity index (χ0n) is 22.6. The smallest absolute Gasteiger partial charge is 0.273 e. The summed E-state index contributed by atoms with van der Waals surface area (Å²) in [4.78, 5) is 25.0. The van der Waals surface area contributed by atoms with E-state index in [4.69, 9.17) is 8.85 Å². The highest BCUT2D eigenvalue weighted by molar-refractivity contribution is 6.00. The molecule has 4 N–H and O–H groups in total. The van der Waals surface area contributed by atoms with Gasteiger partial charge in [-0.1, -0.05) is 6.07 Å². The average molecular weight is 483 g/mol. The van der Waals surface area contributed by atoms with Crippen LogP contribution in [-0.4, -0.2) is 56.6 Å². The number of carbonyl (C=O) groups excluding carboxylic acids is 2. The normalized spacial score (nSPS) is 14.9. The molecule has 2 aromatic heterocycles. The quantitative estimate of drug-likeness (QED) is 0.364. The van der Waals surface area contributed by atoms with Gasteiger partial charge in [-0.2, -0.15) is 5.10 Å². The van der Waals surface area contributed by atoms with E-state index in [2.05, 4.69) is 25.9 Å². The monoisotopic (exact) mass is 482 g/mol. The van der Waals surface area contributed by atoms with E-state index in [1.54, 1.807) is 42.9 Å². The molecular weight excluding hydrogens is 450 g/mol. The summed E-state index contributed by atoms with van der Waals surface area (Å²) in [6.07, 6.45) is 3.19. The largest absolute Gasteiger partial charge is 0.494 e. The molecule has 0 atom stereocenters. The van der Waals surface area contributed by atoms with Crippen LogP contribution >= 0.6 is 0 Å². The van der Waals surface area contributed by atoms with Crippen molar-refractivity contribution >= 4 is 29.0 Å². The van der Waals surface area contributed by atoms with E-state index in [0.717, 1.165) is 12.8 Å². The molecule has 11 nitrogen and oxygen atoms in total. The van der Waals surface area contributed by atoms with Gasteiger partial charge >= 0.3 is 0 Å². The molecule has 1 saturated carbocycles. The van der Waals surface area contributed by atoms with Crippen molar-refractivity contribution in [3.05, 3.63) is 42.2 Å². The maximum absolute atomic E-state index is 12.7. The van der Waals surface area contributed by atoms with Crippen molar-refractivity contribution in [1.29, 1.82) is 0 Å². The summed E-state index contributed by atoms with van der Waals surface area (Å²) in [6.45, 7) is 0.838. The number of para-hydroxylation sites is 1. The minimum atomic E-state index is -2.74. The number of hydrogen-bond acceptors (Lipinski definition) is 8. The number of amides is 2. The Morgan fingerprint density at radius 1 is 1.26 bits per heavy atom. The van der Waals surface area contributed by atoms with Crippen molar-refractivity contribution in [2.45, 2.75) is 38.8 Å². The van der Waals surface area contributed by atoms with Crippen LogP contribution in [0.4, 0.5) is 17.2 Å². The van der Waals surface area contributed by atoms with Gasteiger partial charge < -0.3 is 25.8 Å². The second kappa shape index (κ2) is 9.71. The molecule has 0 aliphatic heterocycles. The molecule has 1 aliphatic carbocycles. The Labute approximate surface area is 207 Å². The first kappa shape index (κ1) is 20.4. The predicted molar refractivity (Wildman–Crippen MR) is 131 cm³/mol.